The molecule has 0 saturated carbocycles. The van der Waals surface area contributed by atoms with Crippen LogP contribution in [-0.2, 0) is 0 Å². The summed E-state index contributed by atoms with van der Waals surface area (Å²) in [7, 11) is 0. The van der Waals surface area contributed by atoms with Crippen LogP contribution in [0, 0.1) is 0 Å². The molecule has 0 aliphatic heterocycles. The summed E-state index contributed by atoms with van der Waals surface area (Å²) in [6, 6.07) is 0. The van der Waals surface area contributed by atoms with Crippen LogP contribution >= 0.6 is 0 Å². The van der Waals surface area contributed by atoms with E-state index in [0.29, 0.717) is 0 Å². The molecule has 36 valence electrons. The maximum absolute atomic E-state index is 11.5. The zero-order chi connectivity index (χ0) is 5.21. The quantitative estimate of drug-likeness (QED) is 0.548. The molecule has 0 heterocycles. The van der Waals surface area contributed by atoms with Crippen molar-refractivity contribution in [3.63, 3.8) is 0 Å². The van der Waals surface area contributed by atoms with Crippen LogP contribution in [0.15, 0.2) is 0 Å². The predicted molar refractivity (Wildman–Crippen MR) is 27.2 cm³/mol. The molecule has 0 atom stereocenters. The monoisotopic (exact) mass is 196 g/mol. The number of alkyl halides is 1. The van der Waals surface area contributed by atoms with Crippen molar-refractivity contribution >= 4 is 22.5 Å². The summed E-state index contributed by atoms with van der Waals surface area (Å²) in [6.45, 7) is 3.68. The second-order valence-corrected chi connectivity index (χ2v) is 6.58. The molecule has 0 spiro atoms. The SMILES string of the molecule is C[C](C)([SnH])CF. The van der Waals surface area contributed by atoms with Gasteiger partial charge in [0.2, 0.25) is 0 Å². The first-order valence-corrected chi connectivity index (χ1v) is 3.56. The van der Waals surface area contributed by atoms with E-state index in [9.17, 15) is 4.39 Å². The van der Waals surface area contributed by atoms with E-state index in [1.165, 1.54) is 0 Å². The molecule has 0 aliphatic carbocycles. The van der Waals surface area contributed by atoms with Crippen LogP contribution in [-0.4, -0.2) is 29.2 Å². The van der Waals surface area contributed by atoms with Crippen LogP contribution in [0.3, 0.4) is 0 Å². The van der Waals surface area contributed by atoms with Crippen molar-refractivity contribution in [2.75, 3.05) is 6.67 Å². The number of hydrogen-bond donors (Lipinski definition) is 0. The minimum atomic E-state index is -0.171. The molecular formula is C4H9FSn. The predicted octanol–water partition coefficient (Wildman–Crippen LogP) is 1.06. The van der Waals surface area contributed by atoms with Crippen LogP contribution in [0.2, 0.25) is 3.43 Å². The van der Waals surface area contributed by atoms with Gasteiger partial charge >= 0.3 is 50.9 Å². The number of hydrogen-bond acceptors (Lipinski definition) is 0. The van der Waals surface area contributed by atoms with Gasteiger partial charge in [0.1, 0.15) is 0 Å². The van der Waals surface area contributed by atoms with Gasteiger partial charge in [0.15, 0.2) is 0 Å². The van der Waals surface area contributed by atoms with Gasteiger partial charge < -0.3 is 0 Å². The van der Waals surface area contributed by atoms with Crippen LogP contribution in [0.25, 0.3) is 0 Å². The topological polar surface area (TPSA) is 0 Å². The van der Waals surface area contributed by atoms with E-state index in [2.05, 4.69) is 0 Å². The summed E-state index contributed by atoms with van der Waals surface area (Å²) in [5.74, 6) is 0. The van der Waals surface area contributed by atoms with E-state index in [4.69, 9.17) is 0 Å². The molecule has 0 aromatic heterocycles. The van der Waals surface area contributed by atoms with E-state index in [0.717, 1.165) is 22.5 Å². The molecule has 0 saturated heterocycles. The van der Waals surface area contributed by atoms with Gasteiger partial charge in [-0.3, -0.25) is 0 Å². The molecular weight excluding hydrogens is 186 g/mol. The summed E-state index contributed by atoms with van der Waals surface area (Å²) >= 11 is 1.01. The summed E-state index contributed by atoms with van der Waals surface area (Å²) < 4.78 is 11.5. The molecule has 0 amide bonds. The molecule has 0 nitrogen and oxygen atoms in total. The van der Waals surface area contributed by atoms with Gasteiger partial charge in [0.05, 0.1) is 0 Å². The Hall–Kier alpha value is 0.729. The summed E-state index contributed by atoms with van der Waals surface area (Å²) in [6.07, 6.45) is 0. The zero-order valence-corrected chi connectivity index (χ0v) is 7.46. The van der Waals surface area contributed by atoms with Crippen molar-refractivity contribution in [3.05, 3.63) is 0 Å². The molecule has 2 radical (unpaired) electrons. The fourth-order valence-electron chi connectivity index (χ4n) is 0. The third-order valence-electron chi connectivity index (χ3n) is 0.344. The van der Waals surface area contributed by atoms with Gasteiger partial charge in [0, 0.05) is 0 Å². The Bertz CT molecular complexity index is 37.3. The van der Waals surface area contributed by atoms with Crippen molar-refractivity contribution in [2.45, 2.75) is 17.3 Å². The molecule has 0 fully saturated rings. The van der Waals surface area contributed by atoms with E-state index >= 15 is 0 Å². The van der Waals surface area contributed by atoms with Crippen molar-refractivity contribution in [2.24, 2.45) is 0 Å². The molecule has 0 bridgehead atoms. The van der Waals surface area contributed by atoms with Gasteiger partial charge in [0.25, 0.3) is 0 Å². The molecule has 6 heavy (non-hydrogen) atoms. The standard InChI is InChI=1S/C4H8F.Sn.H/c1-4(2)3-5;;/h3H2,1-2H3;;. The second-order valence-electron chi connectivity index (χ2n) is 2.12. The molecule has 0 aromatic rings. The Kier molecular flexibility index (Phi) is 2.40. The molecule has 0 N–H and O–H groups in total. The van der Waals surface area contributed by atoms with Crippen LogP contribution in [0.1, 0.15) is 13.8 Å². The van der Waals surface area contributed by atoms with Gasteiger partial charge in [-0.05, 0) is 0 Å². The van der Waals surface area contributed by atoms with Crippen molar-refractivity contribution < 1.29 is 4.39 Å². The van der Waals surface area contributed by atoms with Gasteiger partial charge in [-0.1, -0.05) is 0 Å². The summed E-state index contributed by atoms with van der Waals surface area (Å²) in [5.41, 5.74) is 0. The Morgan fingerprint density at radius 3 is 1.83 bits per heavy atom. The molecule has 0 aromatic carbocycles. The van der Waals surface area contributed by atoms with Crippen LogP contribution in [0.4, 0.5) is 4.39 Å². The van der Waals surface area contributed by atoms with E-state index in [-0.39, 0.29) is 10.1 Å². The van der Waals surface area contributed by atoms with Crippen LogP contribution in [0.5, 0.6) is 0 Å². The molecule has 2 heteroatoms. The molecule has 0 aliphatic rings. The average molecular weight is 195 g/mol. The third-order valence-corrected chi connectivity index (χ3v) is 0.785. The van der Waals surface area contributed by atoms with E-state index < -0.39 is 0 Å². The van der Waals surface area contributed by atoms with Gasteiger partial charge in [-0.2, -0.15) is 0 Å². The van der Waals surface area contributed by atoms with Crippen molar-refractivity contribution in [3.8, 4) is 0 Å². The van der Waals surface area contributed by atoms with Gasteiger partial charge in [-0.15, -0.1) is 0 Å². The Balaban J connectivity index is 3.17. The fraction of sp³-hybridized carbons (Fsp3) is 1.00. The van der Waals surface area contributed by atoms with Crippen LogP contribution < -0.4 is 0 Å². The van der Waals surface area contributed by atoms with E-state index in [1.54, 1.807) is 0 Å². The Morgan fingerprint density at radius 1 is 1.67 bits per heavy atom. The minimum absolute atomic E-state index is 0.00500. The zero-order valence-electron chi connectivity index (χ0n) is 4.16. The number of rotatable bonds is 1. The second kappa shape index (κ2) is 2.14. The summed E-state index contributed by atoms with van der Waals surface area (Å²) in [4.78, 5) is 0. The number of halogens is 1. The Labute approximate surface area is 51.2 Å². The summed E-state index contributed by atoms with van der Waals surface area (Å²) in [5, 5.41) is 0. The fourth-order valence-corrected chi connectivity index (χ4v) is 0. The van der Waals surface area contributed by atoms with E-state index in [1.807, 2.05) is 13.8 Å². The Morgan fingerprint density at radius 2 is 1.83 bits per heavy atom. The van der Waals surface area contributed by atoms with Crippen molar-refractivity contribution in [1.82, 2.24) is 0 Å². The first-order valence-electron chi connectivity index (χ1n) is 1.91. The normalized spacial score (nSPS) is 12.0. The average Bonchev–Trinajstić information content (AvgIpc) is 1.35. The maximum atomic E-state index is 11.5. The first-order chi connectivity index (χ1) is 2.56. The van der Waals surface area contributed by atoms with Gasteiger partial charge in [-0.25, -0.2) is 0 Å². The third kappa shape index (κ3) is 4.73. The molecule has 0 unspecified atom stereocenters. The van der Waals surface area contributed by atoms with Crippen molar-refractivity contribution in [1.29, 1.82) is 0 Å². The molecule has 0 rings (SSSR count). The first kappa shape index (κ1) is 6.73.